The zero-order valence-electron chi connectivity index (χ0n) is 16.8. The number of nitrogens with one attached hydrogen (secondary N) is 2. The van der Waals surface area contributed by atoms with Crippen LogP contribution in [-0.2, 0) is 10.0 Å². The molecule has 3 rings (SSSR count). The van der Waals surface area contributed by atoms with Gasteiger partial charge in [0.15, 0.2) is 5.16 Å². The van der Waals surface area contributed by atoms with Crippen molar-refractivity contribution in [2.75, 3.05) is 18.1 Å². The summed E-state index contributed by atoms with van der Waals surface area (Å²) < 4.78 is 29.3. The van der Waals surface area contributed by atoms with Crippen LogP contribution in [0.4, 0.5) is 5.69 Å². The number of hydrogen-bond donors (Lipinski definition) is 2. The maximum atomic E-state index is 13.0. The van der Waals surface area contributed by atoms with E-state index in [-0.39, 0.29) is 10.8 Å². The molecule has 2 aromatic carbocycles. The Labute approximate surface area is 181 Å². The monoisotopic (exact) mass is 444 g/mol. The number of carbonyl (C=O) groups excluding carboxylic acids is 1. The minimum absolute atomic E-state index is 0.109. The number of unbranched alkanes of at least 4 members (excludes halogenated alkanes) is 1. The number of anilines is 1. The topological polar surface area (TPSA) is 93.1 Å². The number of sulfonamides is 1. The summed E-state index contributed by atoms with van der Waals surface area (Å²) in [6.07, 6.45) is 5.06. The Hall–Kier alpha value is -2.62. The lowest BCUT2D eigenvalue weighted by molar-refractivity contribution is 0.102. The van der Waals surface area contributed by atoms with Crippen LogP contribution in [-0.4, -0.2) is 36.7 Å². The molecule has 158 valence electrons. The van der Waals surface area contributed by atoms with E-state index in [9.17, 15) is 13.2 Å². The second kappa shape index (κ2) is 9.92. The molecule has 30 heavy (non-hydrogen) atoms. The first-order valence-electron chi connectivity index (χ1n) is 9.54. The lowest BCUT2D eigenvalue weighted by Crippen LogP contribution is -2.25. The SMILES string of the molecule is CCCCNS(=O)(=O)c1cccc(NC(=O)c2cnc(SC)n2-c2ccccc2)c1. The summed E-state index contributed by atoms with van der Waals surface area (Å²) in [6, 6.07) is 15.7. The molecular weight excluding hydrogens is 420 g/mol. The van der Waals surface area contributed by atoms with Gasteiger partial charge in [-0.3, -0.25) is 9.36 Å². The summed E-state index contributed by atoms with van der Waals surface area (Å²) in [7, 11) is -3.63. The molecule has 7 nitrogen and oxygen atoms in total. The number of carbonyl (C=O) groups is 1. The molecule has 1 aromatic heterocycles. The van der Waals surface area contributed by atoms with Crippen LogP contribution in [0.5, 0.6) is 0 Å². The number of hydrogen-bond acceptors (Lipinski definition) is 5. The van der Waals surface area contributed by atoms with E-state index in [1.165, 1.54) is 30.1 Å². The van der Waals surface area contributed by atoms with E-state index < -0.39 is 10.0 Å². The van der Waals surface area contributed by atoms with Gasteiger partial charge in [0, 0.05) is 17.9 Å². The molecule has 0 unspecified atom stereocenters. The summed E-state index contributed by atoms with van der Waals surface area (Å²) in [4.78, 5) is 17.4. The fraction of sp³-hybridized carbons (Fsp3) is 0.238. The molecule has 0 fully saturated rings. The molecular formula is C21H24N4O3S2. The summed E-state index contributed by atoms with van der Waals surface area (Å²) in [5, 5.41) is 3.47. The number of aromatic nitrogens is 2. The molecule has 0 spiro atoms. The summed E-state index contributed by atoms with van der Waals surface area (Å²) in [5.74, 6) is -0.375. The van der Waals surface area contributed by atoms with Crippen LogP contribution in [0.3, 0.4) is 0 Å². The Bertz CT molecular complexity index is 1110. The predicted octanol–water partition coefficient (Wildman–Crippen LogP) is 3.92. The van der Waals surface area contributed by atoms with Crippen LogP contribution in [0.1, 0.15) is 30.3 Å². The van der Waals surface area contributed by atoms with Gasteiger partial charge in [0.05, 0.1) is 11.1 Å². The molecule has 1 heterocycles. The summed E-state index contributed by atoms with van der Waals surface area (Å²) in [6.45, 7) is 2.37. The Kier molecular flexibility index (Phi) is 7.30. The normalized spacial score (nSPS) is 11.4. The smallest absolute Gasteiger partial charge is 0.274 e. The second-order valence-electron chi connectivity index (χ2n) is 6.53. The zero-order valence-corrected chi connectivity index (χ0v) is 18.5. The molecule has 0 saturated carbocycles. The third-order valence-electron chi connectivity index (χ3n) is 4.38. The molecule has 9 heteroatoms. The number of rotatable bonds is 9. The van der Waals surface area contributed by atoms with E-state index in [0.29, 0.717) is 23.1 Å². The van der Waals surface area contributed by atoms with Gasteiger partial charge >= 0.3 is 0 Å². The van der Waals surface area contributed by atoms with Gasteiger partial charge < -0.3 is 5.32 Å². The fourth-order valence-corrected chi connectivity index (χ4v) is 4.53. The van der Waals surface area contributed by atoms with Gasteiger partial charge in [0.1, 0.15) is 5.69 Å². The first-order chi connectivity index (χ1) is 14.5. The molecule has 3 aromatic rings. The molecule has 1 amide bonds. The number of imidazole rings is 1. The van der Waals surface area contributed by atoms with Crippen LogP contribution >= 0.6 is 11.8 Å². The van der Waals surface area contributed by atoms with Crippen molar-refractivity contribution in [1.29, 1.82) is 0 Å². The maximum absolute atomic E-state index is 13.0. The molecule has 0 saturated heterocycles. The van der Waals surface area contributed by atoms with Gasteiger partial charge in [-0.1, -0.05) is 49.4 Å². The van der Waals surface area contributed by atoms with Gasteiger partial charge in [-0.25, -0.2) is 18.1 Å². The highest BCUT2D eigenvalue weighted by atomic mass is 32.2. The Morgan fingerprint density at radius 1 is 1.13 bits per heavy atom. The van der Waals surface area contributed by atoms with E-state index in [4.69, 9.17) is 0 Å². The third kappa shape index (κ3) is 5.10. The van der Waals surface area contributed by atoms with Gasteiger partial charge in [0.25, 0.3) is 5.91 Å². The van der Waals surface area contributed by atoms with Gasteiger partial charge in [-0.05, 0) is 43.0 Å². The minimum Gasteiger partial charge on any atom is -0.321 e. The van der Waals surface area contributed by atoms with Crippen molar-refractivity contribution < 1.29 is 13.2 Å². The fourth-order valence-electron chi connectivity index (χ4n) is 2.87. The quantitative estimate of drug-likeness (QED) is 0.385. The number of benzene rings is 2. The largest absolute Gasteiger partial charge is 0.321 e. The highest BCUT2D eigenvalue weighted by Gasteiger charge is 2.19. The Morgan fingerprint density at radius 2 is 1.90 bits per heavy atom. The molecule has 2 N–H and O–H groups in total. The maximum Gasteiger partial charge on any atom is 0.274 e. The van der Waals surface area contributed by atoms with Crippen molar-refractivity contribution in [2.24, 2.45) is 0 Å². The van der Waals surface area contributed by atoms with Crippen LogP contribution in [0.15, 0.2) is 70.8 Å². The van der Waals surface area contributed by atoms with E-state index >= 15 is 0 Å². The van der Waals surface area contributed by atoms with Crippen LogP contribution in [0.25, 0.3) is 5.69 Å². The Morgan fingerprint density at radius 3 is 2.60 bits per heavy atom. The number of nitrogens with zero attached hydrogens (tertiary/aromatic N) is 2. The van der Waals surface area contributed by atoms with Gasteiger partial charge in [-0.2, -0.15) is 0 Å². The lowest BCUT2D eigenvalue weighted by atomic mass is 10.3. The standard InChI is InChI=1S/C21H24N4O3S2/c1-3-4-13-23-30(27,28)18-12-8-9-16(14-18)24-20(26)19-15-22-21(29-2)25(19)17-10-6-5-7-11-17/h5-12,14-15,23H,3-4,13H2,1-2H3,(H,24,26). The van der Waals surface area contributed by atoms with Crippen molar-refractivity contribution in [2.45, 2.75) is 29.8 Å². The van der Waals surface area contributed by atoms with Crippen molar-refractivity contribution in [3.8, 4) is 5.69 Å². The average molecular weight is 445 g/mol. The average Bonchev–Trinajstić information content (AvgIpc) is 3.19. The predicted molar refractivity (Wildman–Crippen MR) is 120 cm³/mol. The van der Waals surface area contributed by atoms with Crippen molar-refractivity contribution in [1.82, 2.24) is 14.3 Å². The zero-order chi connectivity index (χ0) is 21.6. The van der Waals surface area contributed by atoms with Crippen LogP contribution in [0.2, 0.25) is 0 Å². The first-order valence-corrected chi connectivity index (χ1v) is 12.2. The summed E-state index contributed by atoms with van der Waals surface area (Å²) in [5.41, 5.74) is 1.57. The number of para-hydroxylation sites is 1. The van der Waals surface area contributed by atoms with E-state index in [1.807, 2.05) is 43.5 Å². The van der Waals surface area contributed by atoms with E-state index in [1.54, 1.807) is 16.7 Å². The van der Waals surface area contributed by atoms with Gasteiger partial charge in [0.2, 0.25) is 10.0 Å². The summed E-state index contributed by atoms with van der Waals surface area (Å²) >= 11 is 1.43. The van der Waals surface area contributed by atoms with E-state index in [2.05, 4.69) is 15.0 Å². The molecule has 0 aliphatic heterocycles. The molecule has 0 aliphatic carbocycles. The van der Waals surface area contributed by atoms with Crippen molar-refractivity contribution in [3.63, 3.8) is 0 Å². The molecule has 0 bridgehead atoms. The Balaban J connectivity index is 1.85. The number of thioether (sulfide) groups is 1. The third-order valence-corrected chi connectivity index (χ3v) is 6.50. The van der Waals surface area contributed by atoms with Crippen LogP contribution < -0.4 is 10.0 Å². The second-order valence-corrected chi connectivity index (χ2v) is 9.07. The highest BCUT2D eigenvalue weighted by Crippen LogP contribution is 2.23. The first kappa shape index (κ1) is 22.1. The number of amides is 1. The minimum atomic E-state index is -3.63. The van der Waals surface area contributed by atoms with Crippen molar-refractivity contribution >= 4 is 33.4 Å². The van der Waals surface area contributed by atoms with Crippen molar-refractivity contribution in [3.05, 3.63) is 66.5 Å². The highest BCUT2D eigenvalue weighted by molar-refractivity contribution is 7.98. The van der Waals surface area contributed by atoms with Crippen LogP contribution in [0, 0.1) is 0 Å². The molecule has 0 radical (unpaired) electrons. The lowest BCUT2D eigenvalue weighted by Gasteiger charge is -2.12. The molecule has 0 aliphatic rings. The molecule has 0 atom stereocenters. The van der Waals surface area contributed by atoms with E-state index in [0.717, 1.165) is 18.5 Å². The van der Waals surface area contributed by atoms with Gasteiger partial charge in [-0.15, -0.1) is 0 Å².